The third-order valence-electron chi connectivity index (χ3n) is 4.25. The number of aliphatic imine (C=N–C) groups is 1. The average molecular weight is 419 g/mol. The molecule has 3 rings (SSSR count). The van der Waals surface area contributed by atoms with Gasteiger partial charge in [-0.2, -0.15) is 13.2 Å². The lowest BCUT2D eigenvalue weighted by molar-refractivity contribution is -0.137. The number of benzene rings is 1. The molecule has 0 amide bonds. The Kier molecular flexibility index (Phi) is 6.32. The minimum Gasteiger partial charge on any atom is -0.437 e. The SMILES string of the molecule is CCC/C(C)=N\c1c(Oc2ccc(C(F)(F)F)cn2)ccc(-c2nccs2)c1C. The van der Waals surface area contributed by atoms with Crippen molar-refractivity contribution in [3.8, 4) is 22.2 Å². The van der Waals surface area contributed by atoms with E-state index in [4.69, 9.17) is 9.73 Å². The first-order valence-corrected chi connectivity index (χ1v) is 9.96. The smallest absolute Gasteiger partial charge is 0.417 e. The number of thiazole rings is 1. The molecule has 152 valence electrons. The first-order valence-electron chi connectivity index (χ1n) is 9.08. The molecule has 1 aromatic carbocycles. The number of ether oxygens (including phenoxy) is 1. The maximum atomic E-state index is 12.8. The standard InChI is InChI=1S/C21H20F3N3OS/c1-4-5-13(2)27-19-14(3)16(20-25-10-11-29-20)7-8-17(19)28-18-9-6-15(12-26-18)21(22,23)24/h6-12H,4-5H2,1-3H3/b27-13-. The van der Waals surface area contributed by atoms with Crippen LogP contribution in [0.1, 0.15) is 37.8 Å². The lowest BCUT2D eigenvalue weighted by Crippen LogP contribution is -2.05. The van der Waals surface area contributed by atoms with Gasteiger partial charge in [0, 0.05) is 35.1 Å². The molecule has 0 aliphatic carbocycles. The van der Waals surface area contributed by atoms with Crippen LogP contribution in [0.5, 0.6) is 11.6 Å². The summed E-state index contributed by atoms with van der Waals surface area (Å²) in [5.74, 6) is 0.509. The molecule has 0 aliphatic heterocycles. The van der Waals surface area contributed by atoms with Crippen LogP contribution in [0.3, 0.4) is 0 Å². The second-order valence-corrected chi connectivity index (χ2v) is 7.40. The second-order valence-electron chi connectivity index (χ2n) is 6.50. The third kappa shape index (κ3) is 5.00. The number of alkyl halides is 3. The molecule has 4 nitrogen and oxygen atoms in total. The summed E-state index contributed by atoms with van der Waals surface area (Å²) in [5.41, 5.74) is 2.58. The summed E-state index contributed by atoms with van der Waals surface area (Å²) in [6.45, 7) is 5.95. The van der Waals surface area contributed by atoms with E-state index in [1.54, 1.807) is 12.3 Å². The van der Waals surface area contributed by atoms with Crippen molar-refractivity contribution in [3.63, 3.8) is 0 Å². The van der Waals surface area contributed by atoms with Gasteiger partial charge in [-0.3, -0.25) is 4.99 Å². The van der Waals surface area contributed by atoms with Crippen molar-refractivity contribution in [1.29, 1.82) is 0 Å². The highest BCUT2D eigenvalue weighted by Gasteiger charge is 2.30. The van der Waals surface area contributed by atoms with Gasteiger partial charge in [0.05, 0.1) is 5.56 Å². The molecule has 0 aliphatic rings. The van der Waals surface area contributed by atoms with Crippen LogP contribution >= 0.6 is 11.3 Å². The van der Waals surface area contributed by atoms with Crippen molar-refractivity contribution >= 4 is 22.7 Å². The van der Waals surface area contributed by atoms with E-state index in [0.29, 0.717) is 11.4 Å². The molecule has 2 aromatic heterocycles. The largest absolute Gasteiger partial charge is 0.437 e. The molecule has 0 fully saturated rings. The fourth-order valence-corrected chi connectivity index (χ4v) is 3.53. The summed E-state index contributed by atoms with van der Waals surface area (Å²) in [7, 11) is 0. The molecule has 0 atom stereocenters. The lowest BCUT2D eigenvalue weighted by Gasteiger charge is -2.14. The van der Waals surface area contributed by atoms with E-state index < -0.39 is 11.7 Å². The van der Waals surface area contributed by atoms with Gasteiger partial charge in [0.25, 0.3) is 0 Å². The normalized spacial score (nSPS) is 12.3. The van der Waals surface area contributed by atoms with Gasteiger partial charge in [-0.15, -0.1) is 11.3 Å². The zero-order valence-electron chi connectivity index (χ0n) is 16.2. The van der Waals surface area contributed by atoms with Crippen LogP contribution in [0.2, 0.25) is 0 Å². The molecule has 3 aromatic rings. The Balaban J connectivity index is 2.01. The Morgan fingerprint density at radius 2 is 1.97 bits per heavy atom. The number of rotatable bonds is 6. The fraction of sp³-hybridized carbons (Fsp3) is 0.286. The molecule has 0 unspecified atom stereocenters. The Morgan fingerprint density at radius 1 is 1.17 bits per heavy atom. The zero-order valence-corrected chi connectivity index (χ0v) is 17.1. The Morgan fingerprint density at radius 3 is 2.55 bits per heavy atom. The molecular weight excluding hydrogens is 399 g/mol. The molecular formula is C21H20F3N3OS. The molecule has 0 spiro atoms. The van der Waals surface area contributed by atoms with Crippen LogP contribution in [-0.2, 0) is 6.18 Å². The predicted molar refractivity (Wildman–Crippen MR) is 109 cm³/mol. The fourth-order valence-electron chi connectivity index (χ4n) is 2.81. The third-order valence-corrected chi connectivity index (χ3v) is 5.06. The van der Waals surface area contributed by atoms with Crippen molar-refractivity contribution in [3.05, 3.63) is 53.2 Å². The molecule has 0 radical (unpaired) electrons. The molecule has 0 saturated heterocycles. The highest BCUT2D eigenvalue weighted by atomic mass is 32.1. The zero-order chi connectivity index (χ0) is 21.0. The van der Waals surface area contributed by atoms with Crippen LogP contribution in [-0.4, -0.2) is 15.7 Å². The quantitative estimate of drug-likeness (QED) is 0.396. The Bertz CT molecular complexity index is 997. The molecule has 0 bridgehead atoms. The van der Waals surface area contributed by atoms with Crippen molar-refractivity contribution in [2.24, 2.45) is 4.99 Å². The van der Waals surface area contributed by atoms with E-state index in [0.717, 1.165) is 47.0 Å². The van der Waals surface area contributed by atoms with E-state index >= 15 is 0 Å². The monoisotopic (exact) mass is 419 g/mol. The van der Waals surface area contributed by atoms with Crippen molar-refractivity contribution in [2.75, 3.05) is 0 Å². The number of pyridine rings is 1. The van der Waals surface area contributed by atoms with E-state index in [1.807, 2.05) is 25.3 Å². The van der Waals surface area contributed by atoms with Gasteiger partial charge >= 0.3 is 6.18 Å². The molecule has 8 heteroatoms. The predicted octanol–water partition coefficient (Wildman–Crippen LogP) is 7.22. The van der Waals surface area contributed by atoms with E-state index in [1.165, 1.54) is 17.4 Å². The Labute approximate surface area is 171 Å². The van der Waals surface area contributed by atoms with Crippen LogP contribution in [0, 0.1) is 6.92 Å². The number of nitrogens with zero attached hydrogens (tertiary/aromatic N) is 3. The second kappa shape index (κ2) is 8.73. The highest BCUT2D eigenvalue weighted by Crippen LogP contribution is 2.40. The number of hydrogen-bond acceptors (Lipinski definition) is 5. The highest BCUT2D eigenvalue weighted by molar-refractivity contribution is 7.13. The summed E-state index contributed by atoms with van der Waals surface area (Å²) >= 11 is 1.52. The minimum absolute atomic E-state index is 0.0731. The summed E-state index contributed by atoms with van der Waals surface area (Å²) in [4.78, 5) is 12.9. The van der Waals surface area contributed by atoms with Gasteiger partial charge < -0.3 is 4.74 Å². The summed E-state index contributed by atoms with van der Waals surface area (Å²) in [6, 6.07) is 5.78. The Hall–Kier alpha value is -2.74. The molecule has 29 heavy (non-hydrogen) atoms. The van der Waals surface area contributed by atoms with Gasteiger partial charge in [0.15, 0.2) is 5.75 Å². The molecule has 0 N–H and O–H groups in total. The number of aromatic nitrogens is 2. The first kappa shape index (κ1) is 21.0. The topological polar surface area (TPSA) is 47.4 Å². The van der Waals surface area contributed by atoms with Crippen LogP contribution in [0.25, 0.3) is 10.6 Å². The van der Waals surface area contributed by atoms with Gasteiger partial charge in [0.2, 0.25) is 5.88 Å². The summed E-state index contributed by atoms with van der Waals surface area (Å²) in [6.07, 6.45) is -0.154. The van der Waals surface area contributed by atoms with E-state index in [9.17, 15) is 13.2 Å². The van der Waals surface area contributed by atoms with Crippen molar-refractivity contribution in [2.45, 2.75) is 39.8 Å². The van der Waals surface area contributed by atoms with Crippen molar-refractivity contribution in [1.82, 2.24) is 9.97 Å². The van der Waals surface area contributed by atoms with E-state index in [-0.39, 0.29) is 5.88 Å². The van der Waals surface area contributed by atoms with Crippen LogP contribution in [0.4, 0.5) is 18.9 Å². The lowest BCUT2D eigenvalue weighted by atomic mass is 10.1. The maximum Gasteiger partial charge on any atom is 0.417 e. The molecule has 0 saturated carbocycles. The average Bonchev–Trinajstić information content (AvgIpc) is 3.19. The minimum atomic E-state index is -4.44. The van der Waals surface area contributed by atoms with Gasteiger partial charge in [-0.25, -0.2) is 9.97 Å². The van der Waals surface area contributed by atoms with Crippen molar-refractivity contribution < 1.29 is 17.9 Å². The maximum absolute atomic E-state index is 12.8. The number of halogens is 3. The van der Waals surface area contributed by atoms with Crippen LogP contribution < -0.4 is 4.74 Å². The van der Waals surface area contributed by atoms with Gasteiger partial charge in [-0.1, -0.05) is 13.3 Å². The van der Waals surface area contributed by atoms with Gasteiger partial charge in [-0.05, 0) is 44.0 Å². The van der Waals surface area contributed by atoms with Crippen LogP contribution in [0.15, 0.2) is 47.0 Å². The van der Waals surface area contributed by atoms with E-state index in [2.05, 4.69) is 16.9 Å². The number of hydrogen-bond donors (Lipinski definition) is 0. The van der Waals surface area contributed by atoms with Gasteiger partial charge in [0.1, 0.15) is 10.7 Å². The summed E-state index contributed by atoms with van der Waals surface area (Å²) in [5, 5.41) is 2.77. The first-order chi connectivity index (χ1) is 13.8. The summed E-state index contributed by atoms with van der Waals surface area (Å²) < 4.78 is 44.1. The molecule has 2 heterocycles.